The van der Waals surface area contributed by atoms with Crippen LogP contribution in [0, 0.1) is 0 Å². The molecule has 1 amide bonds. The average Bonchev–Trinajstić information content (AvgIpc) is 2.34. The predicted octanol–water partition coefficient (Wildman–Crippen LogP) is 3.10. The molecule has 0 spiro atoms. The van der Waals surface area contributed by atoms with Gasteiger partial charge in [-0.25, -0.2) is 0 Å². The molecule has 5 nitrogen and oxygen atoms in total. The van der Waals surface area contributed by atoms with Crippen LogP contribution in [0.3, 0.4) is 0 Å². The molecule has 0 aliphatic rings. The smallest absolute Gasteiger partial charge is 0.303 e. The number of carboxylic acid groups (broad SMARTS) is 1. The van der Waals surface area contributed by atoms with E-state index in [0.29, 0.717) is 19.3 Å². The zero-order valence-electron chi connectivity index (χ0n) is 11.6. The summed E-state index contributed by atoms with van der Waals surface area (Å²) in [5, 5.41) is 11.4. The molecular formula is C14H19BrN2O3. The minimum atomic E-state index is -0.827. The van der Waals surface area contributed by atoms with Gasteiger partial charge in [-0.15, -0.1) is 0 Å². The summed E-state index contributed by atoms with van der Waals surface area (Å²) in [5.41, 5.74) is 1.67. The number of aliphatic carboxylic acids is 1. The van der Waals surface area contributed by atoms with E-state index in [4.69, 9.17) is 5.11 Å². The highest BCUT2D eigenvalue weighted by molar-refractivity contribution is 9.10. The van der Waals surface area contributed by atoms with E-state index < -0.39 is 5.97 Å². The molecule has 0 unspecified atom stereocenters. The molecule has 6 heteroatoms. The van der Waals surface area contributed by atoms with Gasteiger partial charge in [-0.3, -0.25) is 9.59 Å². The van der Waals surface area contributed by atoms with E-state index in [0.717, 1.165) is 15.8 Å². The van der Waals surface area contributed by atoms with Gasteiger partial charge in [0.05, 0.1) is 11.4 Å². The number of nitrogens with zero attached hydrogens (tertiary/aromatic N) is 1. The first-order chi connectivity index (χ1) is 9.40. The van der Waals surface area contributed by atoms with Crippen LogP contribution in [0.5, 0.6) is 0 Å². The fourth-order valence-corrected chi connectivity index (χ4v) is 2.13. The van der Waals surface area contributed by atoms with Crippen LogP contribution in [0.1, 0.15) is 25.7 Å². The summed E-state index contributed by atoms with van der Waals surface area (Å²) >= 11 is 3.38. The Balaban J connectivity index is 2.57. The Hall–Kier alpha value is -1.56. The Kier molecular flexibility index (Phi) is 6.51. The quantitative estimate of drug-likeness (QED) is 0.747. The topological polar surface area (TPSA) is 69.6 Å². The zero-order valence-corrected chi connectivity index (χ0v) is 13.2. The lowest BCUT2D eigenvalue weighted by molar-refractivity contribution is -0.137. The van der Waals surface area contributed by atoms with E-state index >= 15 is 0 Å². The third-order valence-electron chi connectivity index (χ3n) is 2.76. The number of nitrogens with one attached hydrogen (secondary N) is 1. The molecule has 1 aromatic carbocycles. The summed E-state index contributed by atoms with van der Waals surface area (Å²) in [7, 11) is 3.82. The lowest BCUT2D eigenvalue weighted by Crippen LogP contribution is -2.16. The number of carboxylic acids is 1. The molecule has 0 aliphatic carbocycles. The van der Waals surface area contributed by atoms with Gasteiger partial charge in [0.15, 0.2) is 0 Å². The van der Waals surface area contributed by atoms with E-state index in [1.165, 1.54) is 0 Å². The van der Waals surface area contributed by atoms with Crippen molar-refractivity contribution in [1.82, 2.24) is 0 Å². The summed E-state index contributed by atoms with van der Waals surface area (Å²) in [6.45, 7) is 0. The van der Waals surface area contributed by atoms with Gasteiger partial charge in [-0.2, -0.15) is 0 Å². The van der Waals surface area contributed by atoms with Crippen molar-refractivity contribution >= 4 is 39.2 Å². The lowest BCUT2D eigenvalue weighted by Gasteiger charge is -2.18. The number of halogens is 1. The van der Waals surface area contributed by atoms with E-state index in [1.54, 1.807) is 0 Å². The normalized spacial score (nSPS) is 10.2. The maximum absolute atomic E-state index is 11.9. The van der Waals surface area contributed by atoms with Crippen molar-refractivity contribution in [2.75, 3.05) is 24.3 Å². The third kappa shape index (κ3) is 5.61. The fourth-order valence-electron chi connectivity index (χ4n) is 1.77. The Morgan fingerprint density at radius 2 is 1.90 bits per heavy atom. The van der Waals surface area contributed by atoms with Crippen molar-refractivity contribution < 1.29 is 14.7 Å². The van der Waals surface area contributed by atoms with Gasteiger partial charge < -0.3 is 15.3 Å². The first kappa shape index (κ1) is 16.5. The van der Waals surface area contributed by atoms with E-state index in [9.17, 15) is 9.59 Å². The van der Waals surface area contributed by atoms with Gasteiger partial charge in [0.25, 0.3) is 0 Å². The SMILES string of the molecule is CN(C)c1ccc(Br)cc1NC(=O)CCCCC(=O)O. The summed E-state index contributed by atoms with van der Waals surface area (Å²) in [4.78, 5) is 24.2. The van der Waals surface area contributed by atoms with Gasteiger partial charge in [0.1, 0.15) is 0 Å². The lowest BCUT2D eigenvalue weighted by atomic mass is 10.2. The molecule has 0 radical (unpaired) electrons. The molecule has 0 atom stereocenters. The third-order valence-corrected chi connectivity index (χ3v) is 3.25. The largest absolute Gasteiger partial charge is 0.481 e. The van der Waals surface area contributed by atoms with E-state index in [-0.39, 0.29) is 12.3 Å². The molecule has 0 aliphatic heterocycles. The summed E-state index contributed by atoms with van der Waals surface area (Å²) in [6.07, 6.45) is 1.52. The molecule has 2 N–H and O–H groups in total. The highest BCUT2D eigenvalue weighted by Gasteiger charge is 2.09. The highest BCUT2D eigenvalue weighted by Crippen LogP contribution is 2.28. The van der Waals surface area contributed by atoms with Gasteiger partial charge >= 0.3 is 5.97 Å². The number of carbonyl (C=O) groups excluding carboxylic acids is 1. The van der Waals surface area contributed by atoms with Gasteiger partial charge in [-0.05, 0) is 31.0 Å². The Morgan fingerprint density at radius 3 is 2.50 bits per heavy atom. The molecule has 1 rings (SSSR count). The van der Waals surface area contributed by atoms with Crippen LogP contribution in [0.4, 0.5) is 11.4 Å². The summed E-state index contributed by atoms with van der Waals surface area (Å²) in [6, 6.07) is 5.69. The number of benzene rings is 1. The van der Waals surface area contributed by atoms with E-state index in [1.807, 2.05) is 37.2 Å². The first-order valence-corrected chi connectivity index (χ1v) is 7.18. The van der Waals surface area contributed by atoms with Crippen LogP contribution in [0.2, 0.25) is 0 Å². The number of anilines is 2. The number of carbonyl (C=O) groups is 2. The molecule has 0 heterocycles. The molecule has 0 bridgehead atoms. The van der Waals surface area contributed by atoms with Crippen molar-refractivity contribution in [3.63, 3.8) is 0 Å². The molecule has 0 saturated carbocycles. The van der Waals surface area contributed by atoms with Crippen LogP contribution in [-0.4, -0.2) is 31.1 Å². The fraction of sp³-hybridized carbons (Fsp3) is 0.429. The molecule has 1 aromatic rings. The minimum absolute atomic E-state index is 0.100. The summed E-state index contributed by atoms with van der Waals surface area (Å²) < 4.78 is 0.893. The summed E-state index contributed by atoms with van der Waals surface area (Å²) in [5.74, 6) is -0.927. The Morgan fingerprint density at radius 1 is 1.25 bits per heavy atom. The van der Waals surface area contributed by atoms with Crippen LogP contribution in [0.25, 0.3) is 0 Å². The van der Waals surface area contributed by atoms with Crippen LogP contribution in [0.15, 0.2) is 22.7 Å². The first-order valence-electron chi connectivity index (χ1n) is 6.38. The van der Waals surface area contributed by atoms with Crippen molar-refractivity contribution in [2.24, 2.45) is 0 Å². The number of hydrogen-bond donors (Lipinski definition) is 2. The zero-order chi connectivity index (χ0) is 15.1. The number of amides is 1. The van der Waals surface area contributed by atoms with Gasteiger partial charge in [-0.1, -0.05) is 15.9 Å². The average molecular weight is 343 g/mol. The molecule has 110 valence electrons. The maximum atomic E-state index is 11.9. The van der Waals surface area contributed by atoms with Crippen LogP contribution in [-0.2, 0) is 9.59 Å². The monoisotopic (exact) mass is 342 g/mol. The minimum Gasteiger partial charge on any atom is -0.481 e. The van der Waals surface area contributed by atoms with E-state index in [2.05, 4.69) is 21.2 Å². The Bertz CT molecular complexity index is 489. The standard InChI is InChI=1S/C14H19BrN2O3/c1-17(2)12-8-7-10(15)9-11(12)16-13(18)5-3-4-6-14(19)20/h7-9H,3-6H2,1-2H3,(H,16,18)(H,19,20). The number of rotatable bonds is 7. The van der Waals surface area contributed by atoms with Crippen molar-refractivity contribution in [3.8, 4) is 0 Å². The van der Waals surface area contributed by atoms with Crippen molar-refractivity contribution in [2.45, 2.75) is 25.7 Å². The van der Waals surface area contributed by atoms with Crippen molar-refractivity contribution in [1.29, 1.82) is 0 Å². The number of hydrogen-bond acceptors (Lipinski definition) is 3. The second-order valence-corrected chi connectivity index (χ2v) is 5.62. The molecule has 0 fully saturated rings. The van der Waals surface area contributed by atoms with Crippen LogP contribution < -0.4 is 10.2 Å². The van der Waals surface area contributed by atoms with Gasteiger partial charge in [0.2, 0.25) is 5.91 Å². The molecule has 0 aromatic heterocycles. The maximum Gasteiger partial charge on any atom is 0.303 e. The second kappa shape index (κ2) is 7.89. The molecule has 20 heavy (non-hydrogen) atoms. The van der Waals surface area contributed by atoms with Gasteiger partial charge in [0, 0.05) is 31.4 Å². The second-order valence-electron chi connectivity index (χ2n) is 4.70. The van der Waals surface area contributed by atoms with Crippen molar-refractivity contribution in [3.05, 3.63) is 22.7 Å². The van der Waals surface area contributed by atoms with Crippen LogP contribution >= 0.6 is 15.9 Å². The Labute approximate surface area is 127 Å². The molecular weight excluding hydrogens is 324 g/mol. The highest BCUT2D eigenvalue weighted by atomic mass is 79.9. The molecule has 0 saturated heterocycles. The number of unbranched alkanes of at least 4 members (excludes halogenated alkanes) is 1. The predicted molar refractivity (Wildman–Crippen MR) is 83.2 cm³/mol.